The summed E-state index contributed by atoms with van der Waals surface area (Å²) in [5.74, 6) is -12.5. The predicted octanol–water partition coefficient (Wildman–Crippen LogP) is 0.508. The van der Waals surface area contributed by atoms with E-state index >= 15 is 0 Å². The number of hydrogen-bond acceptors (Lipinski definition) is 7. The Labute approximate surface area is 141 Å². The Morgan fingerprint density at radius 1 is 1.04 bits per heavy atom. The van der Waals surface area contributed by atoms with E-state index in [9.17, 15) is 36.2 Å². The van der Waals surface area contributed by atoms with Crippen molar-refractivity contribution in [2.75, 3.05) is 6.61 Å². The van der Waals surface area contributed by atoms with Crippen molar-refractivity contribution in [1.29, 1.82) is 0 Å². The summed E-state index contributed by atoms with van der Waals surface area (Å²) in [7, 11) is 0. The molecule has 0 aromatic carbocycles. The molecule has 0 aromatic heterocycles. The number of aliphatic hydroxyl groups is 2. The molecular weight excluding hydrogens is 386 g/mol. The van der Waals surface area contributed by atoms with Crippen molar-refractivity contribution in [3.8, 4) is 0 Å². The van der Waals surface area contributed by atoms with Gasteiger partial charge in [0.25, 0.3) is 5.79 Å². The summed E-state index contributed by atoms with van der Waals surface area (Å²) >= 11 is 0. The standard InChI is InChI=1S/C12H14F6O8/c1-8(2)25-6(9(22,26-8)7(20)21)5-4(3-19)23-10(24-5,11(13,14)15)12(16,17)18/h4-6,19,22H,3H2,1-2H3,(H,20,21)/t4-,5-,6+,9-/m1/s1. The van der Waals surface area contributed by atoms with Crippen LogP contribution in [-0.4, -0.2) is 75.9 Å². The number of rotatable bonds is 3. The van der Waals surface area contributed by atoms with E-state index in [-0.39, 0.29) is 0 Å². The lowest BCUT2D eigenvalue weighted by molar-refractivity contribution is -0.447. The largest absolute Gasteiger partial charge is 0.477 e. The molecule has 0 bridgehead atoms. The molecule has 2 aliphatic heterocycles. The van der Waals surface area contributed by atoms with Crippen LogP contribution in [0.15, 0.2) is 0 Å². The number of hydrogen-bond donors (Lipinski definition) is 3. The van der Waals surface area contributed by atoms with Crippen molar-refractivity contribution in [3.05, 3.63) is 0 Å². The summed E-state index contributed by atoms with van der Waals surface area (Å²) < 4.78 is 96.1. The zero-order valence-electron chi connectivity index (χ0n) is 13.1. The fourth-order valence-corrected chi connectivity index (χ4v) is 2.70. The fraction of sp³-hybridized carbons (Fsp3) is 0.917. The Bertz CT molecular complexity index is 561. The maximum absolute atomic E-state index is 13.1. The molecule has 26 heavy (non-hydrogen) atoms. The third kappa shape index (κ3) is 3.03. The van der Waals surface area contributed by atoms with Gasteiger partial charge in [0.05, 0.1) is 6.61 Å². The molecule has 0 unspecified atom stereocenters. The molecule has 0 aliphatic carbocycles. The van der Waals surface area contributed by atoms with Crippen LogP contribution < -0.4 is 0 Å². The minimum Gasteiger partial charge on any atom is -0.477 e. The van der Waals surface area contributed by atoms with Gasteiger partial charge in [-0.05, 0) is 13.8 Å². The monoisotopic (exact) mass is 400 g/mol. The number of aliphatic carboxylic acids is 1. The first-order valence-electron chi connectivity index (χ1n) is 6.94. The van der Waals surface area contributed by atoms with E-state index in [4.69, 9.17) is 19.7 Å². The summed E-state index contributed by atoms with van der Waals surface area (Å²) in [5.41, 5.74) is 0. The van der Waals surface area contributed by atoms with Crippen molar-refractivity contribution in [3.63, 3.8) is 0 Å². The molecule has 0 saturated carbocycles. The Balaban J connectivity index is 2.51. The lowest BCUT2D eigenvalue weighted by Gasteiger charge is -2.32. The molecule has 0 radical (unpaired) electrons. The topological polar surface area (TPSA) is 115 Å². The van der Waals surface area contributed by atoms with Gasteiger partial charge in [0.2, 0.25) is 0 Å². The van der Waals surface area contributed by atoms with E-state index in [1.54, 1.807) is 0 Å². The number of aliphatic hydroxyl groups excluding tert-OH is 1. The Morgan fingerprint density at radius 2 is 1.54 bits per heavy atom. The molecule has 14 heteroatoms. The van der Waals surface area contributed by atoms with Gasteiger partial charge < -0.3 is 34.3 Å². The molecule has 4 atom stereocenters. The molecule has 3 N–H and O–H groups in total. The predicted molar refractivity (Wildman–Crippen MR) is 64.3 cm³/mol. The van der Waals surface area contributed by atoms with Gasteiger partial charge in [0, 0.05) is 0 Å². The highest BCUT2D eigenvalue weighted by molar-refractivity contribution is 5.76. The number of carboxylic acid groups (broad SMARTS) is 1. The molecule has 2 fully saturated rings. The first-order valence-corrected chi connectivity index (χ1v) is 6.94. The molecule has 2 rings (SSSR count). The smallest absolute Gasteiger partial charge is 0.453 e. The van der Waals surface area contributed by atoms with E-state index in [2.05, 4.69) is 9.47 Å². The lowest BCUT2D eigenvalue weighted by Crippen LogP contribution is -2.59. The normalized spacial score (nSPS) is 37.1. The third-order valence-corrected chi connectivity index (χ3v) is 3.71. The maximum Gasteiger partial charge on any atom is 0.453 e. The van der Waals surface area contributed by atoms with Crippen LogP contribution >= 0.6 is 0 Å². The van der Waals surface area contributed by atoms with Crippen molar-refractivity contribution < 1.29 is 65.4 Å². The first-order chi connectivity index (χ1) is 11.5. The van der Waals surface area contributed by atoms with Crippen LogP contribution in [-0.2, 0) is 23.7 Å². The summed E-state index contributed by atoms with van der Waals surface area (Å²) in [6.45, 7) is 0.700. The van der Waals surface area contributed by atoms with Crippen molar-refractivity contribution in [1.82, 2.24) is 0 Å². The van der Waals surface area contributed by atoms with Crippen molar-refractivity contribution in [2.45, 2.75) is 61.9 Å². The fourth-order valence-electron chi connectivity index (χ4n) is 2.70. The van der Waals surface area contributed by atoms with Gasteiger partial charge >= 0.3 is 24.1 Å². The molecule has 0 aromatic rings. The summed E-state index contributed by atoms with van der Waals surface area (Å²) in [5, 5.41) is 28.3. The van der Waals surface area contributed by atoms with Crippen LogP contribution in [0.5, 0.6) is 0 Å². The lowest BCUT2D eigenvalue weighted by atomic mass is 10.0. The van der Waals surface area contributed by atoms with Gasteiger partial charge in [-0.2, -0.15) is 26.3 Å². The van der Waals surface area contributed by atoms with E-state index in [1.807, 2.05) is 0 Å². The second-order valence-corrected chi connectivity index (χ2v) is 6.08. The van der Waals surface area contributed by atoms with Gasteiger partial charge in [0.1, 0.15) is 12.2 Å². The van der Waals surface area contributed by atoms with Crippen LogP contribution in [0.25, 0.3) is 0 Å². The average molecular weight is 400 g/mol. The van der Waals surface area contributed by atoms with Gasteiger partial charge in [-0.3, -0.25) is 0 Å². The van der Waals surface area contributed by atoms with Gasteiger partial charge in [-0.1, -0.05) is 0 Å². The quantitative estimate of drug-likeness (QED) is 0.588. The molecule has 8 nitrogen and oxygen atoms in total. The molecule has 2 heterocycles. The molecule has 152 valence electrons. The summed E-state index contributed by atoms with van der Waals surface area (Å²) in [6.07, 6.45) is -19.5. The van der Waals surface area contributed by atoms with Gasteiger partial charge in [0.15, 0.2) is 11.9 Å². The summed E-state index contributed by atoms with van der Waals surface area (Å²) in [6, 6.07) is 0. The third-order valence-electron chi connectivity index (χ3n) is 3.71. The molecule has 2 saturated heterocycles. The Morgan fingerprint density at radius 3 is 1.92 bits per heavy atom. The van der Waals surface area contributed by atoms with Gasteiger partial charge in [-0.25, -0.2) is 4.79 Å². The zero-order chi connectivity index (χ0) is 20.3. The number of carboxylic acids is 1. The highest BCUT2D eigenvalue weighted by Gasteiger charge is 2.80. The number of carbonyl (C=O) groups is 1. The number of alkyl halides is 6. The Kier molecular flexibility index (Phi) is 4.79. The number of halogens is 6. The van der Waals surface area contributed by atoms with Gasteiger partial charge in [-0.15, -0.1) is 0 Å². The van der Waals surface area contributed by atoms with E-state index in [0.29, 0.717) is 0 Å². The minimum atomic E-state index is -6.14. The molecule has 0 spiro atoms. The van der Waals surface area contributed by atoms with E-state index in [1.165, 1.54) is 0 Å². The van der Waals surface area contributed by atoms with Crippen molar-refractivity contribution in [2.24, 2.45) is 0 Å². The van der Waals surface area contributed by atoms with Crippen LogP contribution in [0.4, 0.5) is 26.3 Å². The second kappa shape index (κ2) is 5.90. The van der Waals surface area contributed by atoms with Crippen molar-refractivity contribution >= 4 is 5.97 Å². The minimum absolute atomic E-state index is 1.06. The van der Waals surface area contributed by atoms with E-state index < -0.39 is 60.6 Å². The summed E-state index contributed by atoms with van der Waals surface area (Å²) in [4.78, 5) is 11.3. The number of ether oxygens (including phenoxy) is 4. The molecule has 0 amide bonds. The average Bonchev–Trinajstić information content (AvgIpc) is 2.94. The molecular formula is C12H14F6O8. The van der Waals surface area contributed by atoms with Crippen LogP contribution in [0.1, 0.15) is 13.8 Å². The van der Waals surface area contributed by atoms with Crippen LogP contribution in [0.3, 0.4) is 0 Å². The zero-order valence-corrected chi connectivity index (χ0v) is 13.1. The highest BCUT2D eigenvalue weighted by atomic mass is 19.4. The molecule has 2 aliphatic rings. The Hall–Kier alpha value is -1.19. The maximum atomic E-state index is 13.1. The van der Waals surface area contributed by atoms with E-state index in [0.717, 1.165) is 13.8 Å². The van der Waals surface area contributed by atoms with Crippen LogP contribution in [0.2, 0.25) is 0 Å². The first kappa shape index (κ1) is 21.1. The second-order valence-electron chi connectivity index (χ2n) is 6.08. The van der Waals surface area contributed by atoms with Crippen LogP contribution in [0, 0.1) is 0 Å². The SMILES string of the molecule is CC1(C)O[C@@H]([C@@H]2OC(C(F)(F)F)(C(F)(F)F)O[C@@H]2CO)[C@](O)(C(=O)O)O1. The highest BCUT2D eigenvalue weighted by Crippen LogP contribution is 2.53.